The molecule has 1 saturated heterocycles. The molecule has 0 aliphatic carbocycles. The maximum Gasteiger partial charge on any atom is 0.0686 e. The molecule has 1 aromatic heterocycles. The minimum atomic E-state index is 0.569. The molecule has 1 fully saturated rings. The van der Waals surface area contributed by atoms with Gasteiger partial charge in [0.1, 0.15) is 0 Å². The summed E-state index contributed by atoms with van der Waals surface area (Å²) in [5, 5.41) is 8.15. The Labute approximate surface area is 92.7 Å². The summed E-state index contributed by atoms with van der Waals surface area (Å²) in [6.45, 7) is 5.66. The van der Waals surface area contributed by atoms with Crippen LogP contribution in [0.15, 0.2) is 16.7 Å². The molecule has 2 heterocycles. The minimum Gasteiger partial charge on any atom is -0.303 e. The van der Waals surface area contributed by atoms with Crippen molar-refractivity contribution in [3.8, 4) is 0 Å². The van der Waals surface area contributed by atoms with Gasteiger partial charge in [-0.3, -0.25) is 0 Å². The summed E-state index contributed by atoms with van der Waals surface area (Å²) in [6.07, 6.45) is 2.94. The zero-order chi connectivity index (χ0) is 9.97. The van der Waals surface area contributed by atoms with Gasteiger partial charge in [-0.25, -0.2) is 0 Å². The molecule has 1 unspecified atom stereocenters. The van der Waals surface area contributed by atoms with Gasteiger partial charge < -0.3 is 4.90 Å². The van der Waals surface area contributed by atoms with Gasteiger partial charge in [0, 0.05) is 16.9 Å². The van der Waals surface area contributed by atoms with Gasteiger partial charge in [-0.15, -0.1) is 0 Å². The first kappa shape index (κ1) is 10.1. The largest absolute Gasteiger partial charge is 0.303 e. The lowest BCUT2D eigenvalue weighted by Gasteiger charge is -2.12. The highest BCUT2D eigenvalue weighted by Crippen LogP contribution is 2.26. The summed E-state index contributed by atoms with van der Waals surface area (Å²) in [5.74, 6) is 0.569. The maximum absolute atomic E-state index is 4.18. The number of halogens is 1. The van der Waals surface area contributed by atoms with Gasteiger partial charge >= 0.3 is 0 Å². The summed E-state index contributed by atoms with van der Waals surface area (Å²) < 4.78 is 1.03. The molecule has 1 atom stereocenters. The predicted molar refractivity (Wildman–Crippen MR) is 59.2 cm³/mol. The van der Waals surface area contributed by atoms with E-state index >= 15 is 0 Å². The van der Waals surface area contributed by atoms with E-state index < -0.39 is 0 Å². The van der Waals surface area contributed by atoms with E-state index in [-0.39, 0.29) is 0 Å². The third-order valence-corrected chi connectivity index (χ3v) is 3.21. The Morgan fingerprint density at radius 2 is 2.50 bits per heavy atom. The second-order valence-corrected chi connectivity index (χ2v) is 4.59. The van der Waals surface area contributed by atoms with Crippen molar-refractivity contribution in [1.82, 2.24) is 15.1 Å². The van der Waals surface area contributed by atoms with E-state index in [2.05, 4.69) is 44.0 Å². The van der Waals surface area contributed by atoms with Gasteiger partial charge in [-0.2, -0.15) is 10.2 Å². The topological polar surface area (TPSA) is 29.0 Å². The Morgan fingerprint density at radius 1 is 1.64 bits per heavy atom. The normalized spacial score (nSPS) is 22.9. The van der Waals surface area contributed by atoms with Crippen molar-refractivity contribution >= 4 is 15.9 Å². The van der Waals surface area contributed by atoms with Crippen LogP contribution in [0.5, 0.6) is 0 Å². The van der Waals surface area contributed by atoms with Gasteiger partial charge in [-0.05, 0) is 41.5 Å². The van der Waals surface area contributed by atoms with Gasteiger partial charge in [0.2, 0.25) is 0 Å². The molecule has 0 radical (unpaired) electrons. The van der Waals surface area contributed by atoms with Crippen molar-refractivity contribution in [1.29, 1.82) is 0 Å². The monoisotopic (exact) mass is 255 g/mol. The van der Waals surface area contributed by atoms with Crippen LogP contribution in [0.3, 0.4) is 0 Å². The molecule has 0 aromatic carbocycles. The molecule has 14 heavy (non-hydrogen) atoms. The summed E-state index contributed by atoms with van der Waals surface area (Å²) in [5.41, 5.74) is 1.12. The number of nitrogens with zero attached hydrogens (tertiary/aromatic N) is 3. The van der Waals surface area contributed by atoms with Gasteiger partial charge in [0.25, 0.3) is 0 Å². The summed E-state index contributed by atoms with van der Waals surface area (Å²) in [6, 6.07) is 2.08. The summed E-state index contributed by atoms with van der Waals surface area (Å²) in [4.78, 5) is 2.45. The lowest BCUT2D eigenvalue weighted by atomic mass is 10.1. The Hall–Kier alpha value is -0.480. The second-order valence-electron chi connectivity index (χ2n) is 3.68. The number of rotatable bonds is 2. The molecule has 1 aromatic rings. The van der Waals surface area contributed by atoms with Crippen molar-refractivity contribution in [2.45, 2.75) is 19.3 Å². The Bertz CT molecular complexity index is 316. The van der Waals surface area contributed by atoms with Crippen molar-refractivity contribution in [2.24, 2.45) is 0 Å². The molecule has 4 heteroatoms. The first-order chi connectivity index (χ1) is 6.79. The SMILES string of the molecule is CCN1CCC(c2cc(Br)cnn2)C1. The molecular weight excluding hydrogens is 242 g/mol. The first-order valence-electron chi connectivity index (χ1n) is 5.00. The van der Waals surface area contributed by atoms with Crippen LogP contribution in [0.1, 0.15) is 25.0 Å². The number of likely N-dealkylation sites (N-methyl/N-ethyl adjacent to an activating group) is 1. The lowest BCUT2D eigenvalue weighted by molar-refractivity contribution is 0.353. The molecule has 2 rings (SSSR count). The molecular formula is C10H14BrN3. The van der Waals surface area contributed by atoms with Crippen molar-refractivity contribution in [3.05, 3.63) is 22.4 Å². The Kier molecular flexibility index (Phi) is 3.13. The second kappa shape index (κ2) is 4.36. The molecule has 3 nitrogen and oxygen atoms in total. The van der Waals surface area contributed by atoms with E-state index in [1.807, 2.05) is 0 Å². The number of likely N-dealkylation sites (tertiary alicyclic amines) is 1. The van der Waals surface area contributed by atoms with Crippen LogP contribution in [-0.2, 0) is 0 Å². The molecule has 0 N–H and O–H groups in total. The highest BCUT2D eigenvalue weighted by atomic mass is 79.9. The third kappa shape index (κ3) is 2.12. The molecule has 0 amide bonds. The van der Waals surface area contributed by atoms with E-state index in [4.69, 9.17) is 0 Å². The highest BCUT2D eigenvalue weighted by molar-refractivity contribution is 9.10. The molecule has 0 bridgehead atoms. The average Bonchev–Trinajstić information content (AvgIpc) is 2.66. The van der Waals surface area contributed by atoms with Crippen LogP contribution in [0.25, 0.3) is 0 Å². The minimum absolute atomic E-state index is 0.569. The molecule has 1 aliphatic heterocycles. The van der Waals surface area contributed by atoms with Crippen LogP contribution in [-0.4, -0.2) is 34.7 Å². The van der Waals surface area contributed by atoms with Crippen molar-refractivity contribution < 1.29 is 0 Å². The maximum atomic E-state index is 4.18. The number of aromatic nitrogens is 2. The van der Waals surface area contributed by atoms with Crippen molar-refractivity contribution in [3.63, 3.8) is 0 Å². The highest BCUT2D eigenvalue weighted by Gasteiger charge is 2.23. The van der Waals surface area contributed by atoms with E-state index in [1.165, 1.54) is 13.0 Å². The fourth-order valence-electron chi connectivity index (χ4n) is 1.92. The molecule has 1 aliphatic rings. The Balaban J connectivity index is 2.09. The van der Waals surface area contributed by atoms with Crippen LogP contribution < -0.4 is 0 Å². The van der Waals surface area contributed by atoms with Crippen LogP contribution in [0.2, 0.25) is 0 Å². The molecule has 0 spiro atoms. The zero-order valence-corrected chi connectivity index (χ0v) is 9.87. The van der Waals surface area contributed by atoms with E-state index in [9.17, 15) is 0 Å². The lowest BCUT2D eigenvalue weighted by Crippen LogP contribution is -2.19. The van der Waals surface area contributed by atoms with Crippen LogP contribution in [0.4, 0.5) is 0 Å². The predicted octanol–water partition coefficient (Wildman–Crippen LogP) is 2.05. The molecule has 0 saturated carbocycles. The third-order valence-electron chi connectivity index (χ3n) is 2.78. The molecule has 76 valence electrons. The van der Waals surface area contributed by atoms with E-state index in [1.54, 1.807) is 6.20 Å². The average molecular weight is 256 g/mol. The Morgan fingerprint density at radius 3 is 3.14 bits per heavy atom. The van der Waals surface area contributed by atoms with Gasteiger partial charge in [-0.1, -0.05) is 6.92 Å². The summed E-state index contributed by atoms with van der Waals surface area (Å²) in [7, 11) is 0. The van der Waals surface area contributed by atoms with E-state index in [0.717, 1.165) is 23.3 Å². The quantitative estimate of drug-likeness (QED) is 0.810. The zero-order valence-electron chi connectivity index (χ0n) is 8.28. The van der Waals surface area contributed by atoms with Crippen LogP contribution >= 0.6 is 15.9 Å². The summed E-state index contributed by atoms with van der Waals surface area (Å²) >= 11 is 3.43. The van der Waals surface area contributed by atoms with Crippen LogP contribution in [0, 0.1) is 0 Å². The van der Waals surface area contributed by atoms with Gasteiger partial charge in [0.05, 0.1) is 11.9 Å². The fourth-order valence-corrected chi connectivity index (χ4v) is 2.24. The fraction of sp³-hybridized carbons (Fsp3) is 0.600. The van der Waals surface area contributed by atoms with E-state index in [0.29, 0.717) is 5.92 Å². The standard InChI is InChI=1S/C10H14BrN3/c1-2-14-4-3-8(7-14)10-5-9(11)6-12-13-10/h5-6,8H,2-4,7H2,1H3. The first-order valence-corrected chi connectivity index (χ1v) is 5.79. The number of hydrogen-bond acceptors (Lipinski definition) is 3. The van der Waals surface area contributed by atoms with Gasteiger partial charge in [0.15, 0.2) is 0 Å². The number of hydrogen-bond donors (Lipinski definition) is 0. The smallest absolute Gasteiger partial charge is 0.0686 e. The van der Waals surface area contributed by atoms with Crippen molar-refractivity contribution in [2.75, 3.05) is 19.6 Å².